The summed E-state index contributed by atoms with van der Waals surface area (Å²) in [6.45, 7) is 3.04. The Labute approximate surface area is 126 Å². The minimum absolute atomic E-state index is 0.132. The minimum Gasteiger partial charge on any atom is -0.479 e. The number of aromatic nitrogens is 3. The molecule has 1 fully saturated rings. The summed E-state index contributed by atoms with van der Waals surface area (Å²) in [7, 11) is 0. The number of nitrogens with one attached hydrogen (secondary N) is 1. The largest absolute Gasteiger partial charge is 0.479 e. The summed E-state index contributed by atoms with van der Waals surface area (Å²) in [6, 6.07) is 1.64. The normalized spacial score (nSPS) is 14.8. The first-order chi connectivity index (χ1) is 10.4. The molecule has 3 rings (SSSR count). The van der Waals surface area contributed by atoms with Gasteiger partial charge in [-0.1, -0.05) is 5.16 Å². The lowest BCUT2D eigenvalue weighted by Gasteiger charge is -2.19. The number of carbonyl (C=O) groups excluding carboxylic acids is 1. The van der Waals surface area contributed by atoms with Crippen LogP contribution in [0.3, 0.4) is 0 Å². The first-order valence-corrected chi connectivity index (χ1v) is 6.94. The van der Waals surface area contributed by atoms with Gasteiger partial charge in [0.05, 0.1) is 17.6 Å². The molecule has 2 heterocycles. The number of carboxylic acids is 1. The Hall–Kier alpha value is -2.64. The molecule has 0 aromatic carbocycles. The summed E-state index contributed by atoms with van der Waals surface area (Å²) in [4.78, 5) is 23.2. The summed E-state index contributed by atoms with van der Waals surface area (Å²) in [6.07, 6.45) is 5.00. The van der Waals surface area contributed by atoms with Crippen LogP contribution in [0.1, 0.15) is 48.9 Å². The fourth-order valence-electron chi connectivity index (χ4n) is 1.95. The number of hydrogen-bond donors (Lipinski definition) is 2. The number of hydrogen-bond acceptors (Lipinski definition) is 5. The van der Waals surface area contributed by atoms with Crippen molar-refractivity contribution in [2.24, 2.45) is 0 Å². The Kier molecular flexibility index (Phi) is 3.23. The van der Waals surface area contributed by atoms with Crippen LogP contribution in [0.25, 0.3) is 0 Å². The van der Waals surface area contributed by atoms with Crippen LogP contribution in [-0.4, -0.2) is 31.9 Å². The van der Waals surface area contributed by atoms with Crippen LogP contribution in [0, 0.1) is 0 Å². The highest BCUT2D eigenvalue weighted by Crippen LogP contribution is 2.39. The number of amides is 1. The molecule has 22 heavy (non-hydrogen) atoms. The van der Waals surface area contributed by atoms with Crippen LogP contribution >= 0.6 is 0 Å². The third kappa shape index (κ3) is 2.59. The van der Waals surface area contributed by atoms with Gasteiger partial charge in [0.1, 0.15) is 0 Å². The fraction of sp³-hybridized carbons (Fsp3) is 0.429. The maximum atomic E-state index is 12.1. The van der Waals surface area contributed by atoms with Crippen molar-refractivity contribution in [3.63, 3.8) is 0 Å². The molecule has 1 aliphatic carbocycles. The molecule has 2 aromatic heterocycles. The molecule has 1 amide bonds. The van der Waals surface area contributed by atoms with Gasteiger partial charge in [0.15, 0.2) is 5.54 Å². The third-order valence-electron chi connectivity index (χ3n) is 3.68. The molecule has 8 heteroatoms. The number of nitrogens with zero attached hydrogens (tertiary/aromatic N) is 3. The van der Waals surface area contributed by atoms with E-state index >= 15 is 0 Å². The van der Waals surface area contributed by atoms with Gasteiger partial charge in [-0.3, -0.25) is 9.48 Å². The van der Waals surface area contributed by atoms with Gasteiger partial charge in [-0.15, -0.1) is 0 Å². The third-order valence-corrected chi connectivity index (χ3v) is 3.68. The molecular formula is C14H16N4O4. The Balaban J connectivity index is 1.71. The van der Waals surface area contributed by atoms with E-state index in [1.807, 2.05) is 0 Å². The summed E-state index contributed by atoms with van der Waals surface area (Å²) in [5.74, 6) is -0.915. The van der Waals surface area contributed by atoms with E-state index in [-0.39, 0.29) is 5.76 Å². The van der Waals surface area contributed by atoms with Crippen LogP contribution in [0.5, 0.6) is 0 Å². The number of aliphatic carboxylic acids is 1. The van der Waals surface area contributed by atoms with Crippen molar-refractivity contribution in [2.45, 2.75) is 38.1 Å². The van der Waals surface area contributed by atoms with Crippen molar-refractivity contribution in [2.75, 3.05) is 5.32 Å². The van der Waals surface area contributed by atoms with Crippen LogP contribution in [0.2, 0.25) is 0 Å². The van der Waals surface area contributed by atoms with Crippen molar-refractivity contribution < 1.29 is 19.2 Å². The predicted octanol–water partition coefficient (Wildman–Crippen LogP) is 1.82. The maximum Gasteiger partial charge on any atom is 0.331 e. The SMILES string of the molecule is CC(C)(C(=O)O)n1cc(NC(=O)c2cc(C3CC3)no2)cn1. The monoisotopic (exact) mass is 304 g/mol. The van der Waals surface area contributed by atoms with Gasteiger partial charge in [-0.25, -0.2) is 4.79 Å². The molecule has 0 aliphatic heterocycles. The Morgan fingerprint density at radius 2 is 2.18 bits per heavy atom. The van der Waals surface area contributed by atoms with E-state index < -0.39 is 17.4 Å². The highest BCUT2D eigenvalue weighted by molar-refractivity contribution is 6.02. The molecular weight excluding hydrogens is 288 g/mol. The molecule has 116 valence electrons. The van der Waals surface area contributed by atoms with Crippen LogP contribution in [0.4, 0.5) is 5.69 Å². The van der Waals surface area contributed by atoms with Gasteiger partial charge >= 0.3 is 5.97 Å². The van der Waals surface area contributed by atoms with E-state index in [1.54, 1.807) is 6.07 Å². The fourth-order valence-corrected chi connectivity index (χ4v) is 1.95. The standard InChI is InChI=1S/C14H16N4O4/c1-14(2,13(20)21)18-7-9(6-15-18)16-12(19)11-5-10(17-22-11)8-3-4-8/h5-8H,3-4H2,1-2H3,(H,16,19)(H,20,21). The quantitative estimate of drug-likeness (QED) is 0.871. The van der Waals surface area contributed by atoms with Crippen LogP contribution in [0.15, 0.2) is 23.0 Å². The van der Waals surface area contributed by atoms with E-state index in [1.165, 1.54) is 30.9 Å². The van der Waals surface area contributed by atoms with Crippen molar-refractivity contribution >= 4 is 17.6 Å². The number of anilines is 1. The van der Waals surface area contributed by atoms with Gasteiger partial charge in [0.25, 0.3) is 5.91 Å². The summed E-state index contributed by atoms with van der Waals surface area (Å²) in [5.41, 5.74) is -0.00879. The zero-order chi connectivity index (χ0) is 15.9. The molecule has 1 saturated carbocycles. The zero-order valence-corrected chi connectivity index (χ0v) is 12.2. The number of rotatable bonds is 5. The Morgan fingerprint density at radius 1 is 1.45 bits per heavy atom. The molecule has 1 aliphatic rings. The van der Waals surface area contributed by atoms with Crippen molar-refractivity contribution in [3.05, 3.63) is 29.9 Å². The molecule has 2 aromatic rings. The molecule has 0 saturated heterocycles. The van der Waals surface area contributed by atoms with Gasteiger partial charge in [0, 0.05) is 18.2 Å². The highest BCUT2D eigenvalue weighted by atomic mass is 16.5. The number of carboxylic acid groups (broad SMARTS) is 1. The lowest BCUT2D eigenvalue weighted by atomic mass is 10.1. The minimum atomic E-state index is -1.20. The van der Waals surface area contributed by atoms with E-state index in [0.29, 0.717) is 11.6 Å². The maximum absolute atomic E-state index is 12.1. The second-order valence-corrected chi connectivity index (χ2v) is 5.88. The topological polar surface area (TPSA) is 110 Å². The van der Waals surface area contributed by atoms with E-state index in [0.717, 1.165) is 18.5 Å². The zero-order valence-electron chi connectivity index (χ0n) is 12.2. The molecule has 8 nitrogen and oxygen atoms in total. The van der Waals surface area contributed by atoms with Gasteiger partial charge < -0.3 is 14.9 Å². The molecule has 0 radical (unpaired) electrons. The van der Waals surface area contributed by atoms with Crippen LogP contribution < -0.4 is 5.32 Å². The van der Waals surface area contributed by atoms with Gasteiger partial charge in [-0.05, 0) is 26.7 Å². The second kappa shape index (κ2) is 4.97. The van der Waals surface area contributed by atoms with E-state index in [2.05, 4.69) is 15.6 Å². The predicted molar refractivity (Wildman–Crippen MR) is 75.6 cm³/mol. The first-order valence-electron chi connectivity index (χ1n) is 6.94. The Bertz CT molecular complexity index is 727. The number of carbonyl (C=O) groups is 2. The lowest BCUT2D eigenvalue weighted by molar-refractivity contribution is -0.146. The highest BCUT2D eigenvalue weighted by Gasteiger charge is 2.31. The average molecular weight is 304 g/mol. The second-order valence-electron chi connectivity index (χ2n) is 5.88. The van der Waals surface area contributed by atoms with E-state index in [4.69, 9.17) is 9.63 Å². The van der Waals surface area contributed by atoms with Crippen molar-refractivity contribution in [1.82, 2.24) is 14.9 Å². The first kappa shape index (κ1) is 14.3. The molecule has 0 spiro atoms. The van der Waals surface area contributed by atoms with E-state index in [9.17, 15) is 9.59 Å². The molecule has 0 unspecified atom stereocenters. The van der Waals surface area contributed by atoms with Gasteiger partial charge in [-0.2, -0.15) is 5.10 Å². The van der Waals surface area contributed by atoms with Crippen molar-refractivity contribution in [3.8, 4) is 0 Å². The Morgan fingerprint density at radius 3 is 2.82 bits per heavy atom. The van der Waals surface area contributed by atoms with Gasteiger partial charge in [0.2, 0.25) is 5.76 Å². The molecule has 0 atom stereocenters. The molecule has 0 bridgehead atoms. The summed E-state index contributed by atoms with van der Waals surface area (Å²) < 4.78 is 6.31. The summed E-state index contributed by atoms with van der Waals surface area (Å²) in [5, 5.41) is 19.6. The van der Waals surface area contributed by atoms with Crippen molar-refractivity contribution in [1.29, 1.82) is 0 Å². The smallest absolute Gasteiger partial charge is 0.331 e. The summed E-state index contributed by atoms with van der Waals surface area (Å²) >= 11 is 0. The molecule has 2 N–H and O–H groups in total. The average Bonchev–Trinajstić information content (AvgIpc) is 3.01. The van der Waals surface area contributed by atoms with Crippen LogP contribution in [-0.2, 0) is 10.3 Å². The lowest BCUT2D eigenvalue weighted by Crippen LogP contribution is -2.35.